The van der Waals surface area contributed by atoms with Gasteiger partial charge in [0.15, 0.2) is 0 Å². The third-order valence-electron chi connectivity index (χ3n) is 6.54. The number of amides is 2. The Bertz CT molecular complexity index is 1570. The molecule has 1 atom stereocenters. The number of aryl methyl sites for hydroxylation is 1. The summed E-state index contributed by atoms with van der Waals surface area (Å²) in [5.74, 6) is -1.42. The van der Waals surface area contributed by atoms with Crippen LogP contribution in [0.3, 0.4) is 0 Å². The molecule has 0 saturated carbocycles. The molecule has 0 aliphatic heterocycles. The molecule has 1 N–H and O–H groups in total. The second-order valence-corrected chi connectivity index (χ2v) is 12.8. The highest BCUT2D eigenvalue weighted by atomic mass is 35.5. The molecule has 0 aromatic heterocycles. The predicted octanol–water partition coefficient (Wildman–Crippen LogP) is 7.11. The maximum absolute atomic E-state index is 14.0. The normalized spacial score (nSPS) is 12.5. The van der Waals surface area contributed by atoms with Gasteiger partial charge >= 0.3 is 6.18 Å². The number of benzene rings is 3. The Morgan fingerprint density at radius 2 is 1.56 bits per heavy atom. The zero-order valence-corrected chi connectivity index (χ0v) is 26.5. The molecular weight excluding hydrogens is 650 g/mol. The summed E-state index contributed by atoms with van der Waals surface area (Å²) >= 11 is 18.5. The summed E-state index contributed by atoms with van der Waals surface area (Å²) in [5.41, 5.74) is -0.699. The van der Waals surface area contributed by atoms with Crippen molar-refractivity contribution in [2.45, 2.75) is 50.9 Å². The van der Waals surface area contributed by atoms with Gasteiger partial charge in [-0.25, -0.2) is 8.42 Å². The Labute approximate surface area is 263 Å². The fraction of sp³-hybridized carbons (Fsp3) is 0.310. The molecule has 43 heavy (non-hydrogen) atoms. The van der Waals surface area contributed by atoms with E-state index in [0.717, 1.165) is 22.6 Å². The number of sulfonamides is 1. The molecule has 0 heterocycles. The maximum Gasteiger partial charge on any atom is 0.417 e. The Hall–Kier alpha value is -2.99. The summed E-state index contributed by atoms with van der Waals surface area (Å²) in [5, 5.41) is 2.44. The lowest BCUT2D eigenvalue weighted by Crippen LogP contribution is -2.51. The first-order valence-corrected chi connectivity index (χ1v) is 15.6. The average Bonchev–Trinajstić information content (AvgIpc) is 2.94. The van der Waals surface area contributed by atoms with Gasteiger partial charge in [0.2, 0.25) is 11.8 Å². The standard InChI is InChI=1S/C29H29Cl3F3N3O4S/c1-4-14-36-28(40)19(3)37(16-22-24(30)6-5-7-25(22)31)27(39)17-38(43(41,42)21-11-8-18(2)9-12-21)20-10-13-26(32)23(15-20)29(33,34)35/h5-13,15,19H,4,14,16-17H2,1-3H3,(H,36,40). The van der Waals surface area contributed by atoms with E-state index in [9.17, 15) is 31.2 Å². The number of rotatable bonds is 11. The Balaban J connectivity index is 2.15. The van der Waals surface area contributed by atoms with Crippen LogP contribution in [0.25, 0.3) is 0 Å². The number of anilines is 1. The van der Waals surface area contributed by atoms with E-state index in [4.69, 9.17) is 34.8 Å². The van der Waals surface area contributed by atoms with Gasteiger partial charge in [-0.15, -0.1) is 0 Å². The van der Waals surface area contributed by atoms with Crippen molar-refractivity contribution in [2.24, 2.45) is 0 Å². The molecule has 14 heteroatoms. The van der Waals surface area contributed by atoms with Crippen molar-refractivity contribution in [3.8, 4) is 0 Å². The lowest BCUT2D eigenvalue weighted by molar-refractivity contribution is -0.139. The van der Waals surface area contributed by atoms with Crippen LogP contribution in [0.4, 0.5) is 18.9 Å². The first-order valence-electron chi connectivity index (χ1n) is 13.0. The minimum absolute atomic E-state index is 0.197. The number of hydrogen-bond acceptors (Lipinski definition) is 4. The van der Waals surface area contributed by atoms with Gasteiger partial charge in [-0.1, -0.05) is 65.5 Å². The van der Waals surface area contributed by atoms with Gasteiger partial charge < -0.3 is 10.2 Å². The van der Waals surface area contributed by atoms with Crippen molar-refractivity contribution < 1.29 is 31.2 Å². The summed E-state index contributed by atoms with van der Waals surface area (Å²) in [6.07, 6.45) is -4.29. The van der Waals surface area contributed by atoms with Crippen LogP contribution in [0.1, 0.15) is 37.0 Å². The summed E-state index contributed by atoms with van der Waals surface area (Å²) < 4.78 is 69.6. The van der Waals surface area contributed by atoms with Gasteiger partial charge in [-0.3, -0.25) is 13.9 Å². The first-order chi connectivity index (χ1) is 20.1. The smallest absolute Gasteiger partial charge is 0.354 e. The summed E-state index contributed by atoms with van der Waals surface area (Å²) in [7, 11) is -4.60. The van der Waals surface area contributed by atoms with Crippen LogP contribution >= 0.6 is 34.8 Å². The Morgan fingerprint density at radius 1 is 0.953 bits per heavy atom. The largest absolute Gasteiger partial charge is 0.417 e. The van der Waals surface area contributed by atoms with E-state index in [-0.39, 0.29) is 21.5 Å². The van der Waals surface area contributed by atoms with Gasteiger partial charge in [-0.2, -0.15) is 13.2 Å². The van der Waals surface area contributed by atoms with Crippen LogP contribution in [0, 0.1) is 6.92 Å². The third kappa shape index (κ3) is 8.35. The molecule has 0 spiro atoms. The van der Waals surface area contributed by atoms with Crippen molar-refractivity contribution in [2.75, 3.05) is 17.4 Å². The quantitative estimate of drug-likeness (QED) is 0.234. The third-order valence-corrected chi connectivity index (χ3v) is 9.36. The number of halogens is 6. The summed E-state index contributed by atoms with van der Waals surface area (Å²) in [6, 6.07) is 11.7. The Morgan fingerprint density at radius 3 is 2.12 bits per heavy atom. The van der Waals surface area contributed by atoms with Gasteiger partial charge in [0.25, 0.3) is 10.0 Å². The van der Waals surface area contributed by atoms with Gasteiger partial charge in [0, 0.05) is 28.7 Å². The molecule has 3 aromatic carbocycles. The fourth-order valence-electron chi connectivity index (χ4n) is 4.08. The zero-order chi connectivity index (χ0) is 32.1. The van der Waals surface area contributed by atoms with Crippen LogP contribution in [-0.2, 0) is 32.3 Å². The molecular formula is C29H29Cl3F3N3O4S. The molecule has 0 aliphatic rings. The molecule has 232 valence electrons. The molecule has 1 unspecified atom stereocenters. The molecule has 0 radical (unpaired) electrons. The van der Waals surface area contributed by atoms with Crippen molar-refractivity contribution in [3.63, 3.8) is 0 Å². The topological polar surface area (TPSA) is 86.8 Å². The van der Waals surface area contributed by atoms with E-state index in [0.29, 0.717) is 28.9 Å². The van der Waals surface area contributed by atoms with E-state index < -0.39 is 56.9 Å². The number of nitrogens with one attached hydrogen (secondary N) is 1. The monoisotopic (exact) mass is 677 g/mol. The van der Waals surface area contributed by atoms with Crippen LogP contribution in [0.5, 0.6) is 0 Å². The molecule has 0 aliphatic carbocycles. The van der Waals surface area contributed by atoms with Crippen molar-refractivity contribution >= 4 is 62.3 Å². The number of carbonyl (C=O) groups is 2. The molecule has 3 aromatic rings. The molecule has 3 rings (SSSR count). The lowest BCUT2D eigenvalue weighted by Gasteiger charge is -2.32. The van der Waals surface area contributed by atoms with Crippen LogP contribution < -0.4 is 9.62 Å². The predicted molar refractivity (Wildman–Crippen MR) is 162 cm³/mol. The van der Waals surface area contributed by atoms with E-state index in [1.807, 2.05) is 6.92 Å². The number of carbonyl (C=O) groups excluding carboxylic acids is 2. The lowest BCUT2D eigenvalue weighted by atomic mass is 10.1. The SMILES string of the molecule is CCCNC(=O)C(C)N(Cc1c(Cl)cccc1Cl)C(=O)CN(c1ccc(Cl)c(C(F)(F)F)c1)S(=O)(=O)c1ccc(C)cc1. The van der Waals surface area contributed by atoms with Gasteiger partial charge in [0.05, 0.1) is 21.2 Å². The van der Waals surface area contributed by atoms with Crippen molar-refractivity contribution in [1.29, 1.82) is 0 Å². The van der Waals surface area contributed by atoms with Crippen molar-refractivity contribution in [3.05, 3.63) is 92.4 Å². The second-order valence-electron chi connectivity index (χ2n) is 9.68. The summed E-state index contributed by atoms with van der Waals surface area (Å²) in [6.45, 7) is 4.09. The highest BCUT2D eigenvalue weighted by Crippen LogP contribution is 2.38. The van der Waals surface area contributed by atoms with E-state index in [1.165, 1.54) is 43.3 Å². The molecule has 0 fully saturated rings. The number of nitrogens with zero attached hydrogens (tertiary/aromatic N) is 2. The van der Waals surface area contributed by atoms with Crippen LogP contribution in [0.15, 0.2) is 65.6 Å². The molecule has 7 nitrogen and oxygen atoms in total. The van der Waals surface area contributed by atoms with Gasteiger partial charge in [0.1, 0.15) is 12.6 Å². The fourth-order valence-corrected chi connectivity index (χ4v) is 6.23. The zero-order valence-electron chi connectivity index (χ0n) is 23.4. The minimum Gasteiger partial charge on any atom is -0.354 e. The molecule has 0 bridgehead atoms. The van der Waals surface area contributed by atoms with Crippen LogP contribution in [0.2, 0.25) is 15.1 Å². The van der Waals surface area contributed by atoms with Crippen LogP contribution in [-0.4, -0.2) is 44.3 Å². The van der Waals surface area contributed by atoms with Crippen molar-refractivity contribution in [1.82, 2.24) is 10.2 Å². The first kappa shape index (κ1) is 34.5. The Kier molecular flexibility index (Phi) is 11.4. The van der Waals surface area contributed by atoms with Gasteiger partial charge in [-0.05, 0) is 62.7 Å². The molecule has 0 saturated heterocycles. The van der Waals surface area contributed by atoms with E-state index in [1.54, 1.807) is 13.0 Å². The highest BCUT2D eigenvalue weighted by Gasteiger charge is 2.37. The highest BCUT2D eigenvalue weighted by molar-refractivity contribution is 7.92. The average molecular weight is 679 g/mol. The number of hydrogen-bond donors (Lipinski definition) is 1. The van der Waals surface area contributed by atoms with E-state index in [2.05, 4.69) is 5.32 Å². The second kappa shape index (κ2) is 14.2. The minimum atomic E-state index is -4.91. The summed E-state index contributed by atoms with van der Waals surface area (Å²) in [4.78, 5) is 27.7. The number of alkyl halides is 3. The molecule has 2 amide bonds. The maximum atomic E-state index is 14.0. The van der Waals surface area contributed by atoms with E-state index >= 15 is 0 Å².